The number of nitrogens with zero attached hydrogens (tertiary/aromatic N) is 3. The molecule has 0 aliphatic heterocycles. The van der Waals surface area contributed by atoms with Crippen LogP contribution in [-0.2, 0) is 13.0 Å². The van der Waals surface area contributed by atoms with Crippen LogP contribution in [0.1, 0.15) is 64.6 Å². The molecule has 20 heavy (non-hydrogen) atoms. The quantitative estimate of drug-likeness (QED) is 0.833. The molecule has 0 spiro atoms. The Morgan fingerprint density at radius 2 is 2.05 bits per heavy atom. The number of aryl methyl sites for hydroxylation is 1. The fraction of sp³-hybridized carbons (Fsp3) is 0.875. The molecule has 4 nitrogen and oxygen atoms in total. The second-order valence-electron chi connectivity index (χ2n) is 6.28. The summed E-state index contributed by atoms with van der Waals surface area (Å²) in [5.74, 6) is 2.68. The summed E-state index contributed by atoms with van der Waals surface area (Å²) in [7, 11) is 0. The Hall–Kier alpha value is -0.900. The summed E-state index contributed by atoms with van der Waals surface area (Å²) in [5, 5.41) is 4.23. The fourth-order valence-corrected chi connectivity index (χ4v) is 3.49. The molecule has 0 amide bonds. The molecule has 114 valence electrons. The SMILES string of the molecule is CCCCC1CCC(C(N)Cc2ncnn2CC)CC1. The molecular weight excluding hydrogens is 248 g/mol. The molecule has 4 heteroatoms. The van der Waals surface area contributed by atoms with E-state index in [9.17, 15) is 0 Å². The monoisotopic (exact) mass is 278 g/mol. The van der Waals surface area contributed by atoms with Gasteiger partial charge in [-0.1, -0.05) is 39.0 Å². The van der Waals surface area contributed by atoms with Gasteiger partial charge in [-0.2, -0.15) is 5.10 Å². The molecule has 2 rings (SSSR count). The summed E-state index contributed by atoms with van der Waals surface area (Å²) >= 11 is 0. The van der Waals surface area contributed by atoms with Gasteiger partial charge in [0.2, 0.25) is 0 Å². The Morgan fingerprint density at radius 1 is 1.30 bits per heavy atom. The predicted octanol–water partition coefficient (Wildman–Crippen LogP) is 3.16. The highest BCUT2D eigenvalue weighted by Gasteiger charge is 2.26. The van der Waals surface area contributed by atoms with Crippen molar-refractivity contribution in [3.63, 3.8) is 0 Å². The molecule has 1 aliphatic carbocycles. The van der Waals surface area contributed by atoms with Crippen LogP contribution in [0.4, 0.5) is 0 Å². The first-order chi connectivity index (χ1) is 9.74. The summed E-state index contributed by atoms with van der Waals surface area (Å²) in [6.07, 6.45) is 12.0. The third-order valence-electron chi connectivity index (χ3n) is 4.88. The number of nitrogens with two attached hydrogens (primary N) is 1. The molecule has 1 atom stereocenters. The second-order valence-corrected chi connectivity index (χ2v) is 6.28. The van der Waals surface area contributed by atoms with Crippen LogP contribution in [0.2, 0.25) is 0 Å². The molecule has 1 unspecified atom stereocenters. The van der Waals surface area contributed by atoms with E-state index in [0.29, 0.717) is 5.92 Å². The summed E-state index contributed by atoms with van der Waals surface area (Å²) in [6.45, 7) is 5.26. The van der Waals surface area contributed by atoms with Crippen molar-refractivity contribution >= 4 is 0 Å². The summed E-state index contributed by atoms with van der Waals surface area (Å²) in [4.78, 5) is 4.35. The number of aromatic nitrogens is 3. The molecule has 0 saturated heterocycles. The maximum atomic E-state index is 6.43. The lowest BCUT2D eigenvalue weighted by atomic mass is 9.76. The van der Waals surface area contributed by atoms with Crippen molar-refractivity contribution < 1.29 is 0 Å². The number of hydrogen-bond acceptors (Lipinski definition) is 3. The molecule has 1 heterocycles. The highest BCUT2D eigenvalue weighted by atomic mass is 15.3. The highest BCUT2D eigenvalue weighted by molar-refractivity contribution is 4.92. The van der Waals surface area contributed by atoms with Gasteiger partial charge in [-0.15, -0.1) is 0 Å². The summed E-state index contributed by atoms with van der Waals surface area (Å²) < 4.78 is 1.97. The Bertz CT molecular complexity index is 380. The van der Waals surface area contributed by atoms with Crippen molar-refractivity contribution in [2.45, 2.75) is 77.8 Å². The Kier molecular flexibility index (Phi) is 6.02. The van der Waals surface area contributed by atoms with E-state index in [-0.39, 0.29) is 6.04 Å². The van der Waals surface area contributed by atoms with Gasteiger partial charge in [0.1, 0.15) is 12.2 Å². The van der Waals surface area contributed by atoms with Gasteiger partial charge in [-0.05, 0) is 31.6 Å². The highest BCUT2D eigenvalue weighted by Crippen LogP contribution is 2.33. The lowest BCUT2D eigenvalue weighted by Crippen LogP contribution is -2.35. The van der Waals surface area contributed by atoms with E-state index in [1.807, 2.05) is 4.68 Å². The first-order valence-corrected chi connectivity index (χ1v) is 8.36. The standard InChI is InChI=1S/C16H30N4/c1-3-5-6-13-7-9-14(10-8-13)15(17)11-16-18-12-19-20(16)4-2/h12-15H,3-11,17H2,1-2H3. The average molecular weight is 278 g/mol. The van der Waals surface area contributed by atoms with Gasteiger partial charge < -0.3 is 5.73 Å². The maximum Gasteiger partial charge on any atom is 0.138 e. The van der Waals surface area contributed by atoms with Gasteiger partial charge in [-0.25, -0.2) is 4.98 Å². The molecule has 1 aromatic rings. The van der Waals surface area contributed by atoms with Gasteiger partial charge >= 0.3 is 0 Å². The van der Waals surface area contributed by atoms with E-state index in [4.69, 9.17) is 5.73 Å². The van der Waals surface area contributed by atoms with Crippen LogP contribution in [0.3, 0.4) is 0 Å². The minimum Gasteiger partial charge on any atom is -0.327 e. The van der Waals surface area contributed by atoms with Crippen LogP contribution >= 0.6 is 0 Å². The zero-order valence-electron chi connectivity index (χ0n) is 13.1. The van der Waals surface area contributed by atoms with E-state index < -0.39 is 0 Å². The van der Waals surface area contributed by atoms with E-state index in [1.165, 1.54) is 44.9 Å². The van der Waals surface area contributed by atoms with Crippen LogP contribution in [-0.4, -0.2) is 20.8 Å². The summed E-state index contributed by atoms with van der Waals surface area (Å²) in [6, 6.07) is 0.247. The first kappa shape index (κ1) is 15.5. The van der Waals surface area contributed by atoms with Crippen molar-refractivity contribution in [2.75, 3.05) is 0 Å². The molecular formula is C16H30N4. The Labute approximate surface area is 123 Å². The van der Waals surface area contributed by atoms with E-state index >= 15 is 0 Å². The zero-order chi connectivity index (χ0) is 14.4. The molecule has 0 bridgehead atoms. The van der Waals surface area contributed by atoms with E-state index in [0.717, 1.165) is 24.7 Å². The van der Waals surface area contributed by atoms with E-state index in [1.54, 1.807) is 6.33 Å². The maximum absolute atomic E-state index is 6.43. The number of hydrogen-bond donors (Lipinski definition) is 1. The predicted molar refractivity (Wildman–Crippen MR) is 82.3 cm³/mol. The van der Waals surface area contributed by atoms with Crippen molar-refractivity contribution in [2.24, 2.45) is 17.6 Å². The smallest absolute Gasteiger partial charge is 0.138 e. The lowest BCUT2D eigenvalue weighted by molar-refractivity contribution is 0.229. The van der Waals surface area contributed by atoms with Crippen LogP contribution in [0, 0.1) is 11.8 Å². The molecule has 0 radical (unpaired) electrons. The molecule has 2 N–H and O–H groups in total. The molecule has 1 fully saturated rings. The van der Waals surface area contributed by atoms with Crippen LogP contribution in [0.15, 0.2) is 6.33 Å². The normalized spacial score (nSPS) is 24.8. The van der Waals surface area contributed by atoms with Crippen LogP contribution < -0.4 is 5.73 Å². The van der Waals surface area contributed by atoms with Gasteiger partial charge in [0.05, 0.1) is 0 Å². The lowest BCUT2D eigenvalue weighted by Gasteiger charge is -2.32. The van der Waals surface area contributed by atoms with Crippen molar-refractivity contribution in [3.05, 3.63) is 12.2 Å². The minimum atomic E-state index is 0.247. The molecule has 1 saturated carbocycles. The fourth-order valence-electron chi connectivity index (χ4n) is 3.49. The van der Waals surface area contributed by atoms with Crippen LogP contribution in [0.5, 0.6) is 0 Å². The number of rotatable bonds is 7. The first-order valence-electron chi connectivity index (χ1n) is 8.36. The summed E-state index contributed by atoms with van der Waals surface area (Å²) in [5.41, 5.74) is 6.43. The zero-order valence-corrected chi connectivity index (χ0v) is 13.1. The van der Waals surface area contributed by atoms with E-state index in [2.05, 4.69) is 23.9 Å². The molecule has 0 aromatic carbocycles. The van der Waals surface area contributed by atoms with Crippen molar-refractivity contribution in [3.8, 4) is 0 Å². The number of unbranched alkanes of at least 4 members (excludes halogenated alkanes) is 1. The minimum absolute atomic E-state index is 0.247. The van der Waals surface area contributed by atoms with Gasteiger partial charge in [0, 0.05) is 19.0 Å². The Morgan fingerprint density at radius 3 is 2.70 bits per heavy atom. The van der Waals surface area contributed by atoms with Crippen molar-refractivity contribution in [1.82, 2.24) is 14.8 Å². The average Bonchev–Trinajstić information content (AvgIpc) is 2.92. The third kappa shape index (κ3) is 4.05. The van der Waals surface area contributed by atoms with Crippen molar-refractivity contribution in [1.29, 1.82) is 0 Å². The second kappa shape index (κ2) is 7.77. The van der Waals surface area contributed by atoms with Gasteiger partial charge in [-0.3, -0.25) is 4.68 Å². The van der Waals surface area contributed by atoms with Gasteiger partial charge in [0.15, 0.2) is 0 Å². The molecule has 1 aliphatic rings. The largest absolute Gasteiger partial charge is 0.327 e. The topological polar surface area (TPSA) is 56.7 Å². The third-order valence-corrected chi connectivity index (χ3v) is 4.88. The Balaban J connectivity index is 1.78. The van der Waals surface area contributed by atoms with Gasteiger partial charge in [0.25, 0.3) is 0 Å². The van der Waals surface area contributed by atoms with Crippen LogP contribution in [0.25, 0.3) is 0 Å². The molecule has 1 aromatic heterocycles.